The van der Waals surface area contributed by atoms with Gasteiger partial charge in [-0.05, 0) is 42.7 Å². The normalized spacial score (nSPS) is 21.4. The summed E-state index contributed by atoms with van der Waals surface area (Å²) in [6.07, 6.45) is -3.38. The molecule has 0 aromatic heterocycles. The summed E-state index contributed by atoms with van der Waals surface area (Å²) < 4.78 is 82.8. The van der Waals surface area contributed by atoms with Gasteiger partial charge in [0.25, 0.3) is 5.91 Å². The minimum absolute atomic E-state index is 0.0329. The van der Waals surface area contributed by atoms with Crippen LogP contribution in [0.2, 0.25) is 0 Å². The van der Waals surface area contributed by atoms with E-state index in [1.807, 2.05) is 6.92 Å². The lowest BCUT2D eigenvalue weighted by Gasteiger charge is -2.36. The molecular weight excluding hydrogens is 516 g/mol. The van der Waals surface area contributed by atoms with Crippen LogP contribution in [0, 0.1) is 17.7 Å². The Bertz CT molecular complexity index is 1310. The molecule has 2 fully saturated rings. The molecular formula is C25H26F4N2O5S. The zero-order valence-corrected chi connectivity index (χ0v) is 20.9. The number of amides is 2. The van der Waals surface area contributed by atoms with Gasteiger partial charge >= 0.3 is 6.18 Å². The van der Waals surface area contributed by atoms with Gasteiger partial charge in [-0.15, -0.1) is 0 Å². The Labute approximate surface area is 211 Å². The first kappa shape index (κ1) is 27.1. The first-order chi connectivity index (χ1) is 17.3. The predicted molar refractivity (Wildman–Crippen MR) is 125 cm³/mol. The number of nitrogens with zero attached hydrogens (tertiary/aromatic N) is 1. The van der Waals surface area contributed by atoms with E-state index in [0.29, 0.717) is 12.5 Å². The maximum Gasteiger partial charge on any atom is 0.416 e. The fourth-order valence-corrected chi connectivity index (χ4v) is 5.31. The molecule has 2 heterocycles. The second-order valence-electron chi connectivity index (χ2n) is 9.63. The van der Waals surface area contributed by atoms with Gasteiger partial charge in [0.1, 0.15) is 11.9 Å². The molecule has 2 aliphatic rings. The summed E-state index contributed by atoms with van der Waals surface area (Å²) in [5.74, 6) is -2.61. The fraction of sp³-hybridized carbons (Fsp3) is 0.440. The molecule has 3 atom stereocenters. The van der Waals surface area contributed by atoms with E-state index in [1.54, 1.807) is 0 Å². The molecule has 2 aromatic carbocycles. The molecule has 4 rings (SSSR count). The van der Waals surface area contributed by atoms with E-state index >= 15 is 0 Å². The molecule has 2 amide bonds. The maximum atomic E-state index is 14.8. The lowest BCUT2D eigenvalue weighted by Crippen LogP contribution is -2.50. The topological polar surface area (TPSA) is 92.8 Å². The number of rotatable bonds is 6. The third-order valence-corrected chi connectivity index (χ3v) is 7.79. The molecule has 12 heteroatoms. The van der Waals surface area contributed by atoms with Gasteiger partial charge in [-0.1, -0.05) is 19.1 Å². The van der Waals surface area contributed by atoms with Crippen LogP contribution in [0.3, 0.4) is 0 Å². The number of sulfone groups is 1. The minimum atomic E-state index is -4.72. The largest absolute Gasteiger partial charge is 0.416 e. The van der Waals surface area contributed by atoms with Crippen molar-refractivity contribution in [3.8, 4) is 0 Å². The van der Waals surface area contributed by atoms with Crippen LogP contribution in [0.5, 0.6) is 0 Å². The number of halogens is 4. The van der Waals surface area contributed by atoms with Crippen LogP contribution in [0.25, 0.3) is 0 Å². The van der Waals surface area contributed by atoms with Crippen molar-refractivity contribution >= 4 is 21.7 Å². The molecule has 0 radical (unpaired) electrons. The third-order valence-electron chi connectivity index (χ3n) is 6.68. The van der Waals surface area contributed by atoms with Gasteiger partial charge in [-0.2, -0.15) is 13.2 Å². The van der Waals surface area contributed by atoms with E-state index in [0.717, 1.165) is 18.4 Å². The number of likely N-dealkylation sites (tertiary alicyclic amines) is 1. The summed E-state index contributed by atoms with van der Waals surface area (Å²) in [6.45, 7) is 2.47. The third kappa shape index (κ3) is 5.80. The van der Waals surface area contributed by atoms with Gasteiger partial charge in [-0.3, -0.25) is 9.59 Å². The Morgan fingerprint density at radius 1 is 1.14 bits per heavy atom. The highest BCUT2D eigenvalue weighted by molar-refractivity contribution is 7.90. The van der Waals surface area contributed by atoms with Gasteiger partial charge in [0.05, 0.1) is 29.7 Å². The monoisotopic (exact) mass is 542 g/mol. The number of hydrogen-bond donors (Lipinski definition) is 1. The van der Waals surface area contributed by atoms with Gasteiger partial charge in [0.15, 0.2) is 9.84 Å². The highest BCUT2D eigenvalue weighted by Crippen LogP contribution is 2.35. The molecule has 0 aliphatic carbocycles. The zero-order valence-electron chi connectivity index (χ0n) is 20.1. The summed E-state index contributed by atoms with van der Waals surface area (Å²) in [7, 11) is -3.56. The molecule has 0 unspecified atom stereocenters. The number of nitrogens with one attached hydrogen (secondary N) is 1. The van der Waals surface area contributed by atoms with Crippen molar-refractivity contribution in [2.45, 2.75) is 36.5 Å². The quantitative estimate of drug-likeness (QED) is 0.564. The summed E-state index contributed by atoms with van der Waals surface area (Å²) in [5, 5.41) is 2.74. The zero-order chi connectivity index (χ0) is 27.1. The number of alkyl halides is 3. The molecule has 0 spiro atoms. The Hall–Kier alpha value is -2.99. The van der Waals surface area contributed by atoms with Crippen molar-refractivity contribution in [2.24, 2.45) is 11.8 Å². The Morgan fingerprint density at radius 3 is 2.41 bits per heavy atom. The van der Waals surface area contributed by atoms with Crippen molar-refractivity contribution in [2.75, 3.05) is 26.0 Å². The molecule has 2 saturated heterocycles. The standard InChI is InChI=1S/C25H26F4N2O5S/c1-14-8-21(31(11-14)24(33)15-4-3-5-18(9-15)37(2,34)35)23(32)30-22(16-12-36-13-16)19-7-6-17(10-20(19)26)25(27,28)29/h3-7,9-10,14,16,21-22H,8,11-13H2,1-2H3,(H,30,32)/t14-,21-,22-/m1/s1. The van der Waals surface area contributed by atoms with Crippen LogP contribution in [0.4, 0.5) is 17.6 Å². The summed E-state index contributed by atoms with van der Waals surface area (Å²) in [5.41, 5.74) is -1.13. The summed E-state index contributed by atoms with van der Waals surface area (Å²) in [4.78, 5) is 28.0. The van der Waals surface area contributed by atoms with Crippen LogP contribution in [-0.4, -0.2) is 57.2 Å². The fourth-order valence-electron chi connectivity index (χ4n) is 4.65. The van der Waals surface area contributed by atoms with Crippen LogP contribution < -0.4 is 5.32 Å². The smallest absolute Gasteiger partial charge is 0.381 e. The second kappa shape index (κ2) is 10.1. The van der Waals surface area contributed by atoms with E-state index in [-0.39, 0.29) is 47.6 Å². The molecule has 37 heavy (non-hydrogen) atoms. The van der Waals surface area contributed by atoms with E-state index < -0.39 is 51.3 Å². The number of carbonyl (C=O) groups is 2. The van der Waals surface area contributed by atoms with E-state index in [9.17, 15) is 35.6 Å². The van der Waals surface area contributed by atoms with Gasteiger partial charge in [0, 0.05) is 29.8 Å². The number of benzene rings is 2. The molecule has 200 valence electrons. The van der Waals surface area contributed by atoms with Crippen molar-refractivity contribution in [3.05, 3.63) is 65.0 Å². The van der Waals surface area contributed by atoms with Crippen LogP contribution >= 0.6 is 0 Å². The number of ether oxygens (including phenoxy) is 1. The second-order valence-corrected chi connectivity index (χ2v) is 11.6. The summed E-state index contributed by atoms with van der Waals surface area (Å²) >= 11 is 0. The Kier molecular flexibility index (Phi) is 7.35. The molecule has 0 bridgehead atoms. The van der Waals surface area contributed by atoms with Gasteiger partial charge in [0.2, 0.25) is 5.91 Å². The van der Waals surface area contributed by atoms with Gasteiger partial charge in [-0.25, -0.2) is 12.8 Å². The van der Waals surface area contributed by atoms with Gasteiger partial charge < -0.3 is 15.0 Å². The molecule has 2 aromatic rings. The van der Waals surface area contributed by atoms with E-state index in [4.69, 9.17) is 4.74 Å². The highest BCUT2D eigenvalue weighted by Gasteiger charge is 2.41. The SMILES string of the molecule is C[C@@H]1C[C@H](C(=O)N[C@@H](c2ccc(C(F)(F)F)cc2F)C2COC2)N(C(=O)c2cccc(S(C)(=O)=O)c2)C1. The first-order valence-electron chi connectivity index (χ1n) is 11.6. The van der Waals surface area contributed by atoms with Crippen molar-refractivity contribution < 1.29 is 40.3 Å². The first-order valence-corrected chi connectivity index (χ1v) is 13.5. The number of hydrogen-bond acceptors (Lipinski definition) is 5. The minimum Gasteiger partial charge on any atom is -0.381 e. The Morgan fingerprint density at radius 2 is 1.84 bits per heavy atom. The average Bonchev–Trinajstić information content (AvgIpc) is 3.17. The van der Waals surface area contributed by atoms with Crippen LogP contribution in [-0.2, 0) is 25.5 Å². The average molecular weight is 543 g/mol. The molecule has 7 nitrogen and oxygen atoms in total. The van der Waals surface area contributed by atoms with E-state index in [1.165, 1.54) is 29.2 Å². The Balaban J connectivity index is 1.59. The lowest BCUT2D eigenvalue weighted by atomic mass is 9.90. The van der Waals surface area contributed by atoms with Crippen molar-refractivity contribution in [1.29, 1.82) is 0 Å². The molecule has 0 saturated carbocycles. The summed E-state index contributed by atoms with van der Waals surface area (Å²) in [6, 6.07) is 5.82. The van der Waals surface area contributed by atoms with Crippen LogP contribution in [0.15, 0.2) is 47.4 Å². The van der Waals surface area contributed by atoms with Crippen molar-refractivity contribution in [1.82, 2.24) is 10.2 Å². The molecule has 1 N–H and O–H groups in total. The predicted octanol–water partition coefficient (Wildman–Crippen LogP) is 3.60. The lowest BCUT2D eigenvalue weighted by molar-refractivity contribution is -0.138. The molecule has 2 aliphatic heterocycles. The highest BCUT2D eigenvalue weighted by atomic mass is 32.2. The van der Waals surface area contributed by atoms with Crippen LogP contribution in [0.1, 0.15) is 40.9 Å². The van der Waals surface area contributed by atoms with Crippen molar-refractivity contribution in [3.63, 3.8) is 0 Å². The van der Waals surface area contributed by atoms with E-state index in [2.05, 4.69) is 5.32 Å². The maximum absolute atomic E-state index is 14.8. The number of carbonyl (C=O) groups excluding carboxylic acids is 2.